The van der Waals surface area contributed by atoms with Gasteiger partial charge in [0, 0.05) is 25.3 Å². The quantitative estimate of drug-likeness (QED) is 0.660. The van der Waals surface area contributed by atoms with Crippen LogP contribution in [0.3, 0.4) is 0 Å². The van der Waals surface area contributed by atoms with Gasteiger partial charge < -0.3 is 10.6 Å². The van der Waals surface area contributed by atoms with E-state index in [2.05, 4.69) is 14.9 Å². The zero-order valence-electron chi connectivity index (χ0n) is 9.30. The standard InChI is InChI=1S/C10H16N4S.ClH/c1-15-10-12-5-4-9(13-10)14-6-2-3-8(14)7-11;/h4-5,8H,2-3,6-7,11H2,1H3;1H. The molecule has 0 radical (unpaired) electrons. The molecule has 0 aliphatic carbocycles. The van der Waals surface area contributed by atoms with E-state index in [1.807, 2.05) is 18.5 Å². The fraction of sp³-hybridized carbons (Fsp3) is 0.600. The lowest BCUT2D eigenvalue weighted by Crippen LogP contribution is -2.35. The van der Waals surface area contributed by atoms with Crippen LogP contribution >= 0.6 is 24.2 Å². The third kappa shape index (κ3) is 2.78. The Kier molecular flexibility index (Phi) is 5.31. The maximum atomic E-state index is 5.74. The molecule has 2 N–H and O–H groups in total. The number of thioether (sulfide) groups is 1. The van der Waals surface area contributed by atoms with Crippen LogP contribution in [0.1, 0.15) is 12.8 Å². The highest BCUT2D eigenvalue weighted by Gasteiger charge is 2.24. The second kappa shape index (κ2) is 6.27. The molecule has 1 aliphatic rings. The molecule has 1 atom stereocenters. The van der Waals surface area contributed by atoms with E-state index in [1.54, 1.807) is 11.8 Å². The van der Waals surface area contributed by atoms with Crippen LogP contribution in [-0.2, 0) is 0 Å². The van der Waals surface area contributed by atoms with Crippen molar-refractivity contribution in [3.63, 3.8) is 0 Å². The lowest BCUT2D eigenvalue weighted by molar-refractivity contribution is 0.667. The number of hydrogen-bond donors (Lipinski definition) is 1. The summed E-state index contributed by atoms with van der Waals surface area (Å²) >= 11 is 1.57. The van der Waals surface area contributed by atoms with Crippen LogP contribution in [-0.4, -0.2) is 35.4 Å². The molecule has 1 unspecified atom stereocenters. The molecule has 1 saturated heterocycles. The number of aromatic nitrogens is 2. The molecule has 0 spiro atoms. The van der Waals surface area contributed by atoms with Gasteiger partial charge in [-0.2, -0.15) is 0 Å². The van der Waals surface area contributed by atoms with Crippen molar-refractivity contribution in [2.75, 3.05) is 24.2 Å². The molecule has 4 nitrogen and oxygen atoms in total. The van der Waals surface area contributed by atoms with Crippen LogP contribution in [0.4, 0.5) is 5.82 Å². The first-order valence-electron chi connectivity index (χ1n) is 5.19. The molecule has 2 heterocycles. The molecule has 1 aromatic heterocycles. The molecule has 0 amide bonds. The number of anilines is 1. The minimum atomic E-state index is 0. The molecule has 0 bridgehead atoms. The normalized spacial score (nSPS) is 19.6. The minimum absolute atomic E-state index is 0. The van der Waals surface area contributed by atoms with Gasteiger partial charge in [0.2, 0.25) is 0 Å². The summed E-state index contributed by atoms with van der Waals surface area (Å²) in [5.74, 6) is 1.02. The smallest absolute Gasteiger partial charge is 0.189 e. The van der Waals surface area contributed by atoms with E-state index < -0.39 is 0 Å². The monoisotopic (exact) mass is 260 g/mol. The Morgan fingerprint density at radius 2 is 2.44 bits per heavy atom. The number of halogens is 1. The molecule has 1 aromatic rings. The van der Waals surface area contributed by atoms with Crippen LogP contribution in [0, 0.1) is 0 Å². The Morgan fingerprint density at radius 1 is 1.62 bits per heavy atom. The molecule has 1 aliphatic heterocycles. The fourth-order valence-corrected chi connectivity index (χ4v) is 2.32. The Balaban J connectivity index is 0.00000128. The molecular formula is C10H17ClN4S. The van der Waals surface area contributed by atoms with Gasteiger partial charge in [-0.05, 0) is 25.2 Å². The summed E-state index contributed by atoms with van der Waals surface area (Å²) in [6.45, 7) is 1.77. The lowest BCUT2D eigenvalue weighted by atomic mass is 10.2. The summed E-state index contributed by atoms with van der Waals surface area (Å²) in [7, 11) is 0. The average molecular weight is 261 g/mol. The number of nitrogens with two attached hydrogens (primary N) is 1. The van der Waals surface area contributed by atoms with Crippen LogP contribution in [0.2, 0.25) is 0 Å². The first kappa shape index (κ1) is 13.5. The van der Waals surface area contributed by atoms with E-state index in [-0.39, 0.29) is 12.4 Å². The average Bonchev–Trinajstić information content (AvgIpc) is 2.77. The van der Waals surface area contributed by atoms with Crippen molar-refractivity contribution in [1.29, 1.82) is 0 Å². The molecule has 0 saturated carbocycles. The molecule has 90 valence electrons. The van der Waals surface area contributed by atoms with Crippen molar-refractivity contribution in [1.82, 2.24) is 9.97 Å². The van der Waals surface area contributed by atoms with Gasteiger partial charge in [-0.3, -0.25) is 0 Å². The van der Waals surface area contributed by atoms with E-state index in [1.165, 1.54) is 12.8 Å². The first-order valence-corrected chi connectivity index (χ1v) is 6.41. The van der Waals surface area contributed by atoms with Gasteiger partial charge in [0.25, 0.3) is 0 Å². The molecule has 6 heteroatoms. The predicted molar refractivity (Wildman–Crippen MR) is 70.5 cm³/mol. The van der Waals surface area contributed by atoms with Crippen molar-refractivity contribution < 1.29 is 0 Å². The first-order chi connectivity index (χ1) is 7.35. The van der Waals surface area contributed by atoms with Crippen LogP contribution in [0.25, 0.3) is 0 Å². The SMILES string of the molecule is CSc1nccc(N2CCCC2CN)n1.Cl. The Hall–Kier alpha value is -0.520. The van der Waals surface area contributed by atoms with Gasteiger partial charge in [-0.25, -0.2) is 9.97 Å². The largest absolute Gasteiger partial charge is 0.352 e. The summed E-state index contributed by atoms with van der Waals surface area (Å²) in [5.41, 5.74) is 5.74. The van der Waals surface area contributed by atoms with Crippen molar-refractivity contribution in [3.05, 3.63) is 12.3 Å². The molecule has 2 rings (SSSR count). The minimum Gasteiger partial charge on any atom is -0.352 e. The van der Waals surface area contributed by atoms with Crippen molar-refractivity contribution in [2.45, 2.75) is 24.0 Å². The summed E-state index contributed by atoms with van der Waals surface area (Å²) in [5, 5.41) is 0.829. The fourth-order valence-electron chi connectivity index (χ4n) is 1.97. The number of nitrogens with zero attached hydrogens (tertiary/aromatic N) is 3. The topological polar surface area (TPSA) is 55.0 Å². The van der Waals surface area contributed by atoms with Gasteiger partial charge in [0.1, 0.15) is 5.82 Å². The maximum absolute atomic E-state index is 5.74. The van der Waals surface area contributed by atoms with E-state index in [9.17, 15) is 0 Å². The van der Waals surface area contributed by atoms with Crippen LogP contribution < -0.4 is 10.6 Å². The summed E-state index contributed by atoms with van der Waals surface area (Å²) in [4.78, 5) is 11.0. The highest BCUT2D eigenvalue weighted by molar-refractivity contribution is 7.98. The van der Waals surface area contributed by atoms with Gasteiger partial charge in [-0.1, -0.05) is 11.8 Å². The molecular weight excluding hydrogens is 244 g/mol. The van der Waals surface area contributed by atoms with E-state index in [4.69, 9.17) is 5.73 Å². The second-order valence-corrected chi connectivity index (χ2v) is 4.40. The van der Waals surface area contributed by atoms with E-state index >= 15 is 0 Å². The molecule has 1 fully saturated rings. The Labute approximate surface area is 106 Å². The van der Waals surface area contributed by atoms with Crippen molar-refractivity contribution >= 4 is 30.0 Å². The second-order valence-electron chi connectivity index (χ2n) is 3.63. The highest BCUT2D eigenvalue weighted by Crippen LogP contribution is 2.23. The van der Waals surface area contributed by atoms with Gasteiger partial charge in [-0.15, -0.1) is 12.4 Å². The highest BCUT2D eigenvalue weighted by atomic mass is 35.5. The van der Waals surface area contributed by atoms with Gasteiger partial charge in [0.15, 0.2) is 5.16 Å². The summed E-state index contributed by atoms with van der Waals surface area (Å²) in [6.07, 6.45) is 6.19. The third-order valence-electron chi connectivity index (χ3n) is 2.74. The van der Waals surface area contributed by atoms with Crippen molar-refractivity contribution in [2.24, 2.45) is 5.73 Å². The Morgan fingerprint density at radius 3 is 3.12 bits per heavy atom. The Bertz CT molecular complexity index is 336. The summed E-state index contributed by atoms with van der Waals surface area (Å²) in [6, 6.07) is 2.42. The molecule has 0 aromatic carbocycles. The van der Waals surface area contributed by atoms with E-state index in [0.717, 1.165) is 17.5 Å². The van der Waals surface area contributed by atoms with Crippen molar-refractivity contribution in [3.8, 4) is 0 Å². The van der Waals surface area contributed by atoms with E-state index in [0.29, 0.717) is 12.6 Å². The van der Waals surface area contributed by atoms with Gasteiger partial charge >= 0.3 is 0 Å². The number of rotatable bonds is 3. The zero-order chi connectivity index (χ0) is 10.7. The summed E-state index contributed by atoms with van der Waals surface area (Å²) < 4.78 is 0. The van der Waals surface area contributed by atoms with Gasteiger partial charge in [0.05, 0.1) is 0 Å². The lowest BCUT2D eigenvalue weighted by Gasteiger charge is -2.24. The predicted octanol–water partition coefficient (Wildman–Crippen LogP) is 1.55. The van der Waals surface area contributed by atoms with Crippen LogP contribution in [0.15, 0.2) is 17.4 Å². The number of hydrogen-bond acceptors (Lipinski definition) is 5. The molecule has 16 heavy (non-hydrogen) atoms. The zero-order valence-corrected chi connectivity index (χ0v) is 10.9. The third-order valence-corrected chi connectivity index (χ3v) is 3.31. The maximum Gasteiger partial charge on any atom is 0.189 e. The van der Waals surface area contributed by atoms with Crippen LogP contribution in [0.5, 0.6) is 0 Å².